The van der Waals surface area contributed by atoms with E-state index in [4.69, 9.17) is 15.2 Å². The summed E-state index contributed by atoms with van der Waals surface area (Å²) in [5, 5.41) is 15.5. The standard InChI is InChI=1S/C35H54N10O6S/c1-35(2)50-30-21(17-23(31(30)51-35)45-20-41-29-32(36)39-19-40-33(29)45)42-27(48)14-6-4-10-16-37-25(46)12-5-3-9-15-38-26(47)13-8-7-11-24-28-22(18-52-24)43-34(49)44-28/h19-24,28,30-31H,3-18H2,1-2H3,(H,37,46)(H,38,47)(H,42,48)(H2,36,39,40)(H2,43,44,49)/t21-,22-,23+,24-,28-,30+,31?/m0/s1. The molecule has 7 N–H and O–H groups in total. The smallest absolute Gasteiger partial charge is 0.315 e. The molecule has 1 unspecified atom stereocenters. The van der Waals surface area contributed by atoms with Gasteiger partial charge in [0.15, 0.2) is 17.3 Å². The Bertz CT molecular complexity index is 1570. The minimum absolute atomic E-state index is 0.0317. The van der Waals surface area contributed by atoms with Gasteiger partial charge in [-0.2, -0.15) is 11.8 Å². The molecular formula is C35H54N10O6S. The fraction of sp³-hybridized carbons (Fsp3) is 0.743. The van der Waals surface area contributed by atoms with Crippen LogP contribution in [0.3, 0.4) is 0 Å². The summed E-state index contributed by atoms with van der Waals surface area (Å²) in [6, 6.07) is 0.0255. The fourth-order valence-corrected chi connectivity index (χ4v) is 9.38. The predicted octanol–water partition coefficient (Wildman–Crippen LogP) is 2.44. The highest BCUT2D eigenvalue weighted by Crippen LogP contribution is 2.45. The van der Waals surface area contributed by atoms with Crippen molar-refractivity contribution < 1.29 is 28.7 Å². The Morgan fingerprint density at radius 3 is 2.31 bits per heavy atom. The molecule has 7 atom stereocenters. The number of hydrogen-bond acceptors (Lipinski definition) is 11. The number of fused-ring (bicyclic) bond motifs is 3. The molecule has 17 heteroatoms. The number of anilines is 1. The first-order valence-electron chi connectivity index (χ1n) is 18.9. The predicted molar refractivity (Wildman–Crippen MR) is 196 cm³/mol. The number of hydrogen-bond donors (Lipinski definition) is 6. The maximum atomic E-state index is 12.9. The molecule has 0 aromatic carbocycles. The summed E-state index contributed by atoms with van der Waals surface area (Å²) in [7, 11) is 0. The number of aromatic nitrogens is 4. The molecule has 1 aliphatic carbocycles. The zero-order valence-corrected chi connectivity index (χ0v) is 31.1. The number of ether oxygens (including phenoxy) is 2. The van der Waals surface area contributed by atoms with Crippen LogP contribution in [-0.2, 0) is 23.9 Å². The maximum Gasteiger partial charge on any atom is 0.315 e. The van der Waals surface area contributed by atoms with Crippen molar-refractivity contribution in [3.05, 3.63) is 12.7 Å². The van der Waals surface area contributed by atoms with Crippen LogP contribution in [0.2, 0.25) is 0 Å². The van der Waals surface area contributed by atoms with Crippen LogP contribution >= 0.6 is 11.8 Å². The maximum absolute atomic E-state index is 12.9. The monoisotopic (exact) mass is 742 g/mol. The Morgan fingerprint density at radius 1 is 0.904 bits per heavy atom. The van der Waals surface area contributed by atoms with Crippen LogP contribution in [0, 0.1) is 0 Å². The van der Waals surface area contributed by atoms with Gasteiger partial charge in [-0.1, -0.05) is 19.3 Å². The normalized spacial score (nSPS) is 27.2. The van der Waals surface area contributed by atoms with E-state index in [9.17, 15) is 19.2 Å². The molecule has 3 saturated heterocycles. The van der Waals surface area contributed by atoms with Crippen molar-refractivity contribution in [2.75, 3.05) is 24.6 Å². The second-order valence-electron chi connectivity index (χ2n) is 14.8. The van der Waals surface area contributed by atoms with Gasteiger partial charge >= 0.3 is 6.03 Å². The quantitative estimate of drug-likeness (QED) is 0.0908. The highest BCUT2D eigenvalue weighted by molar-refractivity contribution is 8.00. The SMILES string of the molecule is CC1(C)OC2[C@H](n3cnc4c(N)ncnc43)C[C@H](NC(=O)CCCCCNC(=O)CCCCCNC(=O)CCCC[C@@H]3SC[C@@H]4NC(=O)N[C@@H]43)[C@H]2O1. The van der Waals surface area contributed by atoms with Crippen LogP contribution in [0.4, 0.5) is 10.6 Å². The number of nitrogens with zero attached hydrogens (tertiary/aromatic N) is 4. The second-order valence-corrected chi connectivity index (χ2v) is 16.1. The van der Waals surface area contributed by atoms with Crippen molar-refractivity contribution in [1.82, 2.24) is 46.1 Å². The molecule has 5 heterocycles. The molecule has 4 fully saturated rings. The van der Waals surface area contributed by atoms with Gasteiger partial charge < -0.3 is 46.4 Å². The lowest BCUT2D eigenvalue weighted by Gasteiger charge is -2.24. The molecule has 5 amide bonds. The van der Waals surface area contributed by atoms with E-state index in [1.54, 1.807) is 6.33 Å². The lowest BCUT2D eigenvalue weighted by atomic mass is 10.0. The van der Waals surface area contributed by atoms with Gasteiger partial charge in [-0.05, 0) is 58.8 Å². The van der Waals surface area contributed by atoms with E-state index in [2.05, 4.69) is 41.5 Å². The van der Waals surface area contributed by atoms with Gasteiger partial charge in [0.1, 0.15) is 24.1 Å². The summed E-state index contributed by atoms with van der Waals surface area (Å²) < 4.78 is 14.5. The Kier molecular flexibility index (Phi) is 12.7. The average Bonchev–Trinajstić information content (AvgIpc) is 3.91. The molecule has 3 aliphatic heterocycles. The van der Waals surface area contributed by atoms with Crippen LogP contribution in [-0.4, -0.2) is 103 Å². The van der Waals surface area contributed by atoms with Crippen LogP contribution in [0.1, 0.15) is 103 Å². The van der Waals surface area contributed by atoms with E-state index in [1.807, 2.05) is 30.2 Å². The van der Waals surface area contributed by atoms with Crippen molar-refractivity contribution in [2.45, 2.75) is 145 Å². The molecule has 4 aliphatic rings. The summed E-state index contributed by atoms with van der Waals surface area (Å²) >= 11 is 1.90. The number of carbonyl (C=O) groups is 4. The lowest BCUT2D eigenvalue weighted by Crippen LogP contribution is -2.42. The van der Waals surface area contributed by atoms with Crippen molar-refractivity contribution in [1.29, 1.82) is 0 Å². The average molecular weight is 743 g/mol. The first-order chi connectivity index (χ1) is 25.1. The number of rotatable bonds is 19. The Balaban J connectivity index is 0.771. The number of nitrogens with one attached hydrogen (secondary N) is 5. The van der Waals surface area contributed by atoms with Crippen molar-refractivity contribution >= 4 is 52.5 Å². The van der Waals surface area contributed by atoms with E-state index >= 15 is 0 Å². The van der Waals surface area contributed by atoms with E-state index in [0.717, 1.165) is 63.5 Å². The molecule has 52 heavy (non-hydrogen) atoms. The van der Waals surface area contributed by atoms with Crippen LogP contribution in [0.15, 0.2) is 12.7 Å². The third-order valence-electron chi connectivity index (χ3n) is 10.4. The number of urea groups is 1. The van der Waals surface area contributed by atoms with E-state index in [1.165, 1.54) is 6.33 Å². The fourth-order valence-electron chi connectivity index (χ4n) is 7.84. The van der Waals surface area contributed by atoms with Gasteiger partial charge in [-0.3, -0.25) is 14.4 Å². The van der Waals surface area contributed by atoms with E-state index < -0.39 is 5.79 Å². The van der Waals surface area contributed by atoms with Gasteiger partial charge in [0.05, 0.1) is 30.5 Å². The van der Waals surface area contributed by atoms with Gasteiger partial charge in [0, 0.05) is 43.4 Å². The Hall–Kier alpha value is -3.70. The summed E-state index contributed by atoms with van der Waals surface area (Å²) in [5.41, 5.74) is 7.16. The zero-order chi connectivity index (χ0) is 36.7. The van der Waals surface area contributed by atoms with Crippen molar-refractivity contribution in [3.63, 3.8) is 0 Å². The molecular weight excluding hydrogens is 689 g/mol. The van der Waals surface area contributed by atoms with E-state index in [-0.39, 0.29) is 60.1 Å². The van der Waals surface area contributed by atoms with Crippen molar-refractivity contribution in [2.24, 2.45) is 0 Å². The Morgan fingerprint density at radius 2 is 1.58 bits per heavy atom. The van der Waals surface area contributed by atoms with Crippen LogP contribution in [0.25, 0.3) is 11.2 Å². The van der Waals surface area contributed by atoms with Crippen molar-refractivity contribution in [3.8, 4) is 0 Å². The molecule has 6 rings (SSSR count). The van der Waals surface area contributed by atoms with Gasteiger partial charge in [0.25, 0.3) is 0 Å². The first-order valence-corrected chi connectivity index (χ1v) is 19.9. The molecule has 286 valence electrons. The van der Waals surface area contributed by atoms with Gasteiger partial charge in [-0.15, -0.1) is 0 Å². The number of amides is 5. The first kappa shape index (κ1) is 38.0. The number of unbranched alkanes of at least 4 members (excludes halogenated alkanes) is 5. The lowest BCUT2D eigenvalue weighted by molar-refractivity contribution is -0.158. The molecule has 0 bridgehead atoms. The molecule has 0 radical (unpaired) electrons. The zero-order valence-electron chi connectivity index (χ0n) is 30.2. The van der Waals surface area contributed by atoms with Gasteiger partial charge in [-0.25, -0.2) is 19.7 Å². The highest BCUT2D eigenvalue weighted by atomic mass is 32.2. The summed E-state index contributed by atoms with van der Waals surface area (Å²) in [4.78, 5) is 61.7. The third-order valence-corrected chi connectivity index (χ3v) is 11.9. The number of nitrogens with two attached hydrogens (primary N) is 1. The second kappa shape index (κ2) is 17.4. The summed E-state index contributed by atoms with van der Waals surface area (Å²) in [6.45, 7) is 4.97. The minimum Gasteiger partial charge on any atom is -0.382 e. The topological polar surface area (TPSA) is 217 Å². The molecule has 2 aromatic heterocycles. The van der Waals surface area contributed by atoms with E-state index in [0.29, 0.717) is 61.0 Å². The number of carbonyl (C=O) groups excluding carboxylic acids is 4. The third kappa shape index (κ3) is 9.64. The largest absolute Gasteiger partial charge is 0.382 e. The molecule has 16 nitrogen and oxygen atoms in total. The Labute approximate surface area is 308 Å². The highest BCUT2D eigenvalue weighted by Gasteiger charge is 2.55. The van der Waals surface area contributed by atoms with Crippen LogP contribution < -0.4 is 32.3 Å². The summed E-state index contributed by atoms with van der Waals surface area (Å²) in [5.74, 6) is 0.573. The minimum atomic E-state index is -0.778. The molecule has 0 spiro atoms. The number of nitrogen functional groups attached to an aromatic ring is 1. The molecule has 1 saturated carbocycles. The number of thioether (sulfide) groups is 1. The number of imidazole rings is 1. The molecule has 2 aromatic rings. The summed E-state index contributed by atoms with van der Waals surface area (Å²) in [6.07, 6.45) is 12.2. The van der Waals surface area contributed by atoms with Crippen LogP contribution in [0.5, 0.6) is 0 Å². The van der Waals surface area contributed by atoms with Gasteiger partial charge in [0.2, 0.25) is 17.7 Å².